The molecular formula is C32H32O6. The number of benzene rings is 4. The molecule has 0 atom stereocenters. The van der Waals surface area contributed by atoms with Crippen LogP contribution in [0.4, 0.5) is 0 Å². The number of phenols is 4. The standard InChI is InChI=1S/C17H18O3.C15H14O3/c1-3-11-10-14(17(20)13(4-2)15(11)18)16(19)12-8-6-5-7-9-12;1-9-10(2)14(17)12(8-13(9)16)15(18)11-6-4-3-5-7-11/h5-10,18,20H,3-4H2,1-2H3;3-8,16-17H,1-2H3. The van der Waals surface area contributed by atoms with E-state index in [0.717, 1.165) is 0 Å². The molecule has 0 radical (unpaired) electrons. The molecule has 4 N–H and O–H groups in total. The van der Waals surface area contributed by atoms with Gasteiger partial charge in [-0.15, -0.1) is 0 Å². The van der Waals surface area contributed by atoms with Gasteiger partial charge in [-0.3, -0.25) is 9.59 Å². The van der Waals surface area contributed by atoms with Gasteiger partial charge in [0.25, 0.3) is 0 Å². The summed E-state index contributed by atoms with van der Waals surface area (Å²) in [5, 5.41) is 40.1. The van der Waals surface area contributed by atoms with E-state index >= 15 is 0 Å². The maximum Gasteiger partial charge on any atom is 0.196 e. The Morgan fingerprint density at radius 1 is 0.605 bits per heavy atom. The lowest BCUT2D eigenvalue weighted by atomic mass is 9.94. The number of phenolic OH excluding ortho intramolecular Hbond substituents is 4. The van der Waals surface area contributed by atoms with E-state index in [1.54, 1.807) is 68.4 Å². The molecule has 4 rings (SSSR count). The first kappa shape index (κ1) is 28.0. The second kappa shape index (κ2) is 12.1. The number of hydrogen-bond donors (Lipinski definition) is 4. The number of aromatic hydroxyl groups is 4. The second-order valence-electron chi connectivity index (χ2n) is 8.90. The Balaban J connectivity index is 0.000000212. The predicted octanol–water partition coefficient (Wildman–Crippen LogP) is 6.40. The first-order chi connectivity index (χ1) is 18.1. The maximum absolute atomic E-state index is 12.5. The number of rotatable bonds is 6. The normalized spacial score (nSPS) is 10.4. The van der Waals surface area contributed by atoms with E-state index in [4.69, 9.17) is 0 Å². The van der Waals surface area contributed by atoms with Crippen LogP contribution in [0.25, 0.3) is 0 Å². The molecule has 6 heteroatoms. The van der Waals surface area contributed by atoms with Gasteiger partial charge in [-0.25, -0.2) is 0 Å². The Labute approximate surface area is 222 Å². The first-order valence-electron chi connectivity index (χ1n) is 12.4. The first-order valence-corrected chi connectivity index (χ1v) is 12.4. The van der Waals surface area contributed by atoms with E-state index in [9.17, 15) is 30.0 Å². The van der Waals surface area contributed by atoms with Crippen molar-refractivity contribution in [3.8, 4) is 23.0 Å². The molecule has 4 aromatic carbocycles. The van der Waals surface area contributed by atoms with Gasteiger partial charge in [0.1, 0.15) is 23.0 Å². The van der Waals surface area contributed by atoms with Gasteiger partial charge in [-0.2, -0.15) is 0 Å². The third-order valence-corrected chi connectivity index (χ3v) is 6.58. The molecule has 0 heterocycles. The number of ketones is 2. The second-order valence-corrected chi connectivity index (χ2v) is 8.90. The lowest BCUT2D eigenvalue weighted by Gasteiger charge is -2.13. The van der Waals surface area contributed by atoms with Crippen molar-refractivity contribution in [2.75, 3.05) is 0 Å². The molecule has 0 amide bonds. The molecule has 0 saturated heterocycles. The van der Waals surface area contributed by atoms with Crippen molar-refractivity contribution in [1.82, 2.24) is 0 Å². The van der Waals surface area contributed by atoms with Crippen LogP contribution in [0.2, 0.25) is 0 Å². The SMILES string of the molecule is CCc1cc(C(=O)c2ccccc2)c(O)c(CC)c1O.Cc1c(O)cc(C(=O)c2ccccc2)c(O)c1C. The van der Waals surface area contributed by atoms with E-state index in [2.05, 4.69) is 0 Å². The fraction of sp³-hybridized carbons (Fsp3) is 0.188. The summed E-state index contributed by atoms with van der Waals surface area (Å²) in [7, 11) is 0. The minimum atomic E-state index is -0.300. The molecular weight excluding hydrogens is 480 g/mol. The van der Waals surface area contributed by atoms with Crippen LogP contribution in [0.3, 0.4) is 0 Å². The van der Waals surface area contributed by atoms with Crippen LogP contribution in [0.15, 0.2) is 72.8 Å². The third-order valence-electron chi connectivity index (χ3n) is 6.58. The lowest BCUT2D eigenvalue weighted by molar-refractivity contribution is 0.102. The minimum absolute atomic E-state index is 0.0181. The average Bonchev–Trinajstić information content (AvgIpc) is 2.95. The summed E-state index contributed by atoms with van der Waals surface area (Å²) in [4.78, 5) is 24.7. The Kier molecular flexibility index (Phi) is 8.92. The fourth-order valence-corrected chi connectivity index (χ4v) is 4.11. The summed E-state index contributed by atoms with van der Waals surface area (Å²) >= 11 is 0. The molecule has 0 saturated carbocycles. The fourth-order valence-electron chi connectivity index (χ4n) is 4.11. The highest BCUT2D eigenvalue weighted by molar-refractivity contribution is 6.11. The van der Waals surface area contributed by atoms with Crippen LogP contribution in [-0.4, -0.2) is 32.0 Å². The van der Waals surface area contributed by atoms with Crippen molar-refractivity contribution in [2.45, 2.75) is 40.5 Å². The van der Waals surface area contributed by atoms with Crippen LogP contribution in [0.1, 0.15) is 67.9 Å². The van der Waals surface area contributed by atoms with Crippen molar-refractivity contribution in [2.24, 2.45) is 0 Å². The summed E-state index contributed by atoms with van der Waals surface area (Å²) in [5.74, 6) is -0.601. The molecule has 0 aromatic heterocycles. The van der Waals surface area contributed by atoms with E-state index in [-0.39, 0.29) is 45.7 Å². The largest absolute Gasteiger partial charge is 0.508 e. The molecule has 38 heavy (non-hydrogen) atoms. The lowest BCUT2D eigenvalue weighted by Crippen LogP contribution is -2.04. The third kappa shape index (κ3) is 5.70. The van der Waals surface area contributed by atoms with Gasteiger partial charge in [-0.1, -0.05) is 74.5 Å². The van der Waals surface area contributed by atoms with Crippen molar-refractivity contribution in [1.29, 1.82) is 0 Å². The quantitative estimate of drug-likeness (QED) is 0.176. The summed E-state index contributed by atoms with van der Waals surface area (Å²) in [6.07, 6.45) is 1.08. The molecule has 0 spiro atoms. The van der Waals surface area contributed by atoms with Gasteiger partial charge in [0, 0.05) is 16.7 Å². The number of carbonyl (C=O) groups is 2. The van der Waals surface area contributed by atoms with Crippen molar-refractivity contribution in [3.63, 3.8) is 0 Å². The molecule has 196 valence electrons. The maximum atomic E-state index is 12.5. The van der Waals surface area contributed by atoms with Crippen molar-refractivity contribution in [3.05, 3.63) is 117 Å². The Hall–Kier alpha value is -4.58. The zero-order chi connectivity index (χ0) is 28.0. The van der Waals surface area contributed by atoms with Crippen molar-refractivity contribution < 1.29 is 30.0 Å². The predicted molar refractivity (Wildman–Crippen MR) is 148 cm³/mol. The van der Waals surface area contributed by atoms with E-state index in [1.807, 2.05) is 26.0 Å². The van der Waals surface area contributed by atoms with Crippen LogP contribution in [-0.2, 0) is 12.8 Å². The highest BCUT2D eigenvalue weighted by Gasteiger charge is 2.21. The molecule has 0 bridgehead atoms. The highest BCUT2D eigenvalue weighted by atomic mass is 16.3. The van der Waals surface area contributed by atoms with Gasteiger partial charge >= 0.3 is 0 Å². The van der Waals surface area contributed by atoms with Crippen molar-refractivity contribution >= 4 is 11.6 Å². The smallest absolute Gasteiger partial charge is 0.196 e. The highest BCUT2D eigenvalue weighted by Crippen LogP contribution is 2.36. The Morgan fingerprint density at radius 3 is 1.53 bits per heavy atom. The van der Waals surface area contributed by atoms with Crippen LogP contribution in [0.5, 0.6) is 23.0 Å². The summed E-state index contributed by atoms with van der Waals surface area (Å²) in [6.45, 7) is 7.11. The van der Waals surface area contributed by atoms with Gasteiger partial charge in [0.15, 0.2) is 11.6 Å². The zero-order valence-electron chi connectivity index (χ0n) is 21.9. The molecule has 0 unspecified atom stereocenters. The van der Waals surface area contributed by atoms with E-state index in [1.165, 1.54) is 6.07 Å². The summed E-state index contributed by atoms with van der Waals surface area (Å²) in [6, 6.07) is 20.4. The Morgan fingerprint density at radius 2 is 1.08 bits per heavy atom. The van der Waals surface area contributed by atoms with Gasteiger partial charge in [-0.05, 0) is 55.5 Å². The molecule has 4 aromatic rings. The monoisotopic (exact) mass is 512 g/mol. The van der Waals surface area contributed by atoms with Crippen LogP contribution >= 0.6 is 0 Å². The van der Waals surface area contributed by atoms with E-state index in [0.29, 0.717) is 46.2 Å². The van der Waals surface area contributed by atoms with E-state index < -0.39 is 0 Å². The molecule has 0 aliphatic heterocycles. The number of aryl methyl sites for hydroxylation is 1. The molecule has 0 aliphatic rings. The summed E-state index contributed by atoms with van der Waals surface area (Å²) < 4.78 is 0. The van der Waals surface area contributed by atoms with Crippen LogP contribution < -0.4 is 0 Å². The van der Waals surface area contributed by atoms with Gasteiger partial charge in [0.05, 0.1) is 11.1 Å². The minimum Gasteiger partial charge on any atom is -0.508 e. The van der Waals surface area contributed by atoms with Gasteiger partial charge in [0.2, 0.25) is 0 Å². The number of carbonyl (C=O) groups excluding carboxylic acids is 2. The topological polar surface area (TPSA) is 115 Å². The molecule has 0 fully saturated rings. The van der Waals surface area contributed by atoms with Gasteiger partial charge < -0.3 is 20.4 Å². The number of hydrogen-bond acceptors (Lipinski definition) is 6. The molecule has 6 nitrogen and oxygen atoms in total. The average molecular weight is 513 g/mol. The zero-order valence-corrected chi connectivity index (χ0v) is 21.9. The summed E-state index contributed by atoms with van der Waals surface area (Å²) in [5.41, 5.74) is 3.60. The van der Waals surface area contributed by atoms with Crippen LogP contribution in [0, 0.1) is 13.8 Å². The molecule has 0 aliphatic carbocycles. The Bertz CT molecular complexity index is 1460.